The van der Waals surface area contributed by atoms with E-state index in [2.05, 4.69) is 18.7 Å². The second-order valence-electron chi connectivity index (χ2n) is 7.69. The van der Waals surface area contributed by atoms with Crippen molar-refractivity contribution in [2.45, 2.75) is 64.4 Å². The molecule has 2 aromatic rings. The number of likely N-dealkylation sites (N-methyl/N-ethyl adjacent to an activating group) is 1. The number of thioether (sulfide) groups is 1. The van der Waals surface area contributed by atoms with Gasteiger partial charge in [0.05, 0.1) is 10.6 Å². The van der Waals surface area contributed by atoms with Crippen molar-refractivity contribution in [2.75, 3.05) is 32.7 Å². The number of aromatic nitrogens is 2. The molecule has 3 rings (SSSR count). The van der Waals surface area contributed by atoms with Crippen molar-refractivity contribution in [1.82, 2.24) is 19.4 Å². The Morgan fingerprint density at radius 1 is 1.21 bits per heavy atom. The summed E-state index contributed by atoms with van der Waals surface area (Å²) in [7, 11) is 0. The third-order valence-electron chi connectivity index (χ3n) is 5.75. The van der Waals surface area contributed by atoms with Crippen LogP contribution in [-0.2, 0) is 11.3 Å². The summed E-state index contributed by atoms with van der Waals surface area (Å²) in [5.74, 6) is 0.140. The van der Waals surface area contributed by atoms with Crippen molar-refractivity contribution in [3.63, 3.8) is 0 Å². The highest BCUT2D eigenvalue weighted by Crippen LogP contribution is 2.30. The van der Waals surface area contributed by atoms with Crippen LogP contribution in [0.4, 0.5) is 0 Å². The Bertz CT molecular complexity index is 929. The highest BCUT2D eigenvalue weighted by molar-refractivity contribution is 8.00. The molecule has 6 nitrogen and oxygen atoms in total. The molecule has 1 amide bonds. The van der Waals surface area contributed by atoms with Crippen LogP contribution in [0.1, 0.15) is 44.1 Å². The van der Waals surface area contributed by atoms with Gasteiger partial charge in [0, 0.05) is 37.6 Å². The molecule has 0 saturated carbocycles. The van der Waals surface area contributed by atoms with Crippen molar-refractivity contribution in [3.05, 3.63) is 20.8 Å². The number of thiophene rings is 1. The number of aryl methyl sites for hydroxylation is 2. The van der Waals surface area contributed by atoms with E-state index in [-0.39, 0.29) is 16.7 Å². The summed E-state index contributed by atoms with van der Waals surface area (Å²) in [6, 6.07) is 0. The van der Waals surface area contributed by atoms with Gasteiger partial charge in [-0.3, -0.25) is 14.2 Å². The fourth-order valence-electron chi connectivity index (χ4n) is 3.66. The lowest BCUT2D eigenvalue weighted by Gasteiger charge is -2.35. The Balaban J connectivity index is 1.86. The van der Waals surface area contributed by atoms with E-state index in [0.717, 1.165) is 66.2 Å². The number of piperazine rings is 1. The minimum absolute atomic E-state index is 0.0315. The lowest BCUT2D eigenvalue weighted by Crippen LogP contribution is -2.50. The van der Waals surface area contributed by atoms with E-state index < -0.39 is 0 Å². The molecular formula is C21H32N4O2S2. The van der Waals surface area contributed by atoms with Gasteiger partial charge in [0.1, 0.15) is 4.83 Å². The first-order valence-electron chi connectivity index (χ1n) is 10.6. The smallest absolute Gasteiger partial charge is 0.263 e. The van der Waals surface area contributed by atoms with Gasteiger partial charge in [0.15, 0.2) is 5.16 Å². The number of amides is 1. The number of nitrogens with zero attached hydrogens (tertiary/aromatic N) is 4. The van der Waals surface area contributed by atoms with E-state index in [1.807, 2.05) is 25.7 Å². The number of carbonyl (C=O) groups excluding carboxylic acids is 1. The molecule has 0 aliphatic carbocycles. The predicted molar refractivity (Wildman–Crippen MR) is 122 cm³/mol. The first-order chi connectivity index (χ1) is 13.9. The van der Waals surface area contributed by atoms with Crippen LogP contribution in [0.3, 0.4) is 0 Å². The summed E-state index contributed by atoms with van der Waals surface area (Å²) >= 11 is 2.99. The number of rotatable bonds is 7. The van der Waals surface area contributed by atoms with Crippen LogP contribution >= 0.6 is 23.1 Å². The molecule has 0 radical (unpaired) electrons. The molecule has 3 heterocycles. The van der Waals surface area contributed by atoms with E-state index >= 15 is 0 Å². The van der Waals surface area contributed by atoms with Crippen molar-refractivity contribution in [3.8, 4) is 0 Å². The molecular weight excluding hydrogens is 404 g/mol. The van der Waals surface area contributed by atoms with Crippen LogP contribution in [0.25, 0.3) is 10.2 Å². The van der Waals surface area contributed by atoms with E-state index in [1.165, 1.54) is 11.8 Å². The minimum atomic E-state index is -0.262. The molecule has 0 spiro atoms. The highest BCUT2D eigenvalue weighted by Gasteiger charge is 2.27. The van der Waals surface area contributed by atoms with Gasteiger partial charge in [0.25, 0.3) is 5.56 Å². The third kappa shape index (κ3) is 4.70. The lowest BCUT2D eigenvalue weighted by molar-refractivity contribution is -0.132. The maximum absolute atomic E-state index is 13.2. The predicted octanol–water partition coefficient (Wildman–Crippen LogP) is 3.52. The van der Waals surface area contributed by atoms with Crippen molar-refractivity contribution >= 4 is 39.2 Å². The minimum Gasteiger partial charge on any atom is -0.339 e. The SMILES string of the molecule is CCCCn1c(SC(C)C(=O)N2CCN(CC)CC2)nc2sc(C)c(C)c2c1=O. The second kappa shape index (κ2) is 9.62. The Kier molecular flexibility index (Phi) is 7.40. The number of unbranched alkanes of at least 4 members (excludes halogenated alkanes) is 1. The van der Waals surface area contributed by atoms with Crippen LogP contribution in [0.5, 0.6) is 0 Å². The summed E-state index contributed by atoms with van der Waals surface area (Å²) in [6.45, 7) is 15.3. The fraction of sp³-hybridized carbons (Fsp3) is 0.667. The van der Waals surface area contributed by atoms with Gasteiger partial charge >= 0.3 is 0 Å². The molecule has 0 aromatic carbocycles. The molecule has 1 fully saturated rings. The van der Waals surface area contributed by atoms with E-state index in [4.69, 9.17) is 4.98 Å². The standard InChI is InChI=1S/C21H32N4O2S2/c1-6-8-9-25-20(27)17-14(3)15(4)28-18(17)22-21(25)29-16(5)19(26)24-12-10-23(7-2)11-13-24/h16H,6-13H2,1-5H3. The Morgan fingerprint density at radius 3 is 2.52 bits per heavy atom. The number of hydrogen-bond acceptors (Lipinski definition) is 6. The molecule has 1 aliphatic rings. The number of carbonyl (C=O) groups is 1. The van der Waals surface area contributed by atoms with E-state index in [1.54, 1.807) is 15.9 Å². The molecule has 160 valence electrons. The van der Waals surface area contributed by atoms with Crippen LogP contribution in [-0.4, -0.2) is 63.2 Å². The summed E-state index contributed by atoms with van der Waals surface area (Å²) in [4.78, 5) is 37.3. The van der Waals surface area contributed by atoms with Crippen LogP contribution in [0.2, 0.25) is 0 Å². The summed E-state index contributed by atoms with van der Waals surface area (Å²) in [6.07, 6.45) is 1.93. The largest absolute Gasteiger partial charge is 0.339 e. The van der Waals surface area contributed by atoms with Gasteiger partial charge in [0.2, 0.25) is 5.91 Å². The topological polar surface area (TPSA) is 58.4 Å². The molecule has 29 heavy (non-hydrogen) atoms. The van der Waals surface area contributed by atoms with Crippen LogP contribution in [0.15, 0.2) is 9.95 Å². The second-order valence-corrected chi connectivity index (χ2v) is 10.2. The zero-order valence-corrected chi connectivity index (χ0v) is 19.8. The zero-order chi connectivity index (χ0) is 21.1. The molecule has 0 bridgehead atoms. The Hall–Kier alpha value is -1.38. The van der Waals surface area contributed by atoms with E-state index in [9.17, 15) is 9.59 Å². The van der Waals surface area contributed by atoms with Crippen LogP contribution < -0.4 is 5.56 Å². The molecule has 0 N–H and O–H groups in total. The van der Waals surface area contributed by atoms with Gasteiger partial charge in [-0.05, 0) is 39.3 Å². The average molecular weight is 437 g/mol. The zero-order valence-electron chi connectivity index (χ0n) is 18.2. The first-order valence-corrected chi connectivity index (χ1v) is 12.2. The molecule has 8 heteroatoms. The van der Waals surface area contributed by atoms with Crippen molar-refractivity contribution < 1.29 is 4.79 Å². The summed E-state index contributed by atoms with van der Waals surface area (Å²) in [5.41, 5.74) is 1.06. The first kappa shape index (κ1) is 22.3. The third-order valence-corrected chi connectivity index (χ3v) is 7.93. The van der Waals surface area contributed by atoms with Crippen LogP contribution in [0, 0.1) is 13.8 Å². The van der Waals surface area contributed by atoms with Gasteiger partial charge in [-0.25, -0.2) is 4.98 Å². The van der Waals surface area contributed by atoms with Gasteiger partial charge in [-0.15, -0.1) is 11.3 Å². The normalized spacial score (nSPS) is 16.5. The van der Waals surface area contributed by atoms with Crippen molar-refractivity contribution in [1.29, 1.82) is 0 Å². The quantitative estimate of drug-likeness (QED) is 0.491. The van der Waals surface area contributed by atoms with Gasteiger partial charge in [-0.1, -0.05) is 32.0 Å². The van der Waals surface area contributed by atoms with Crippen molar-refractivity contribution in [2.24, 2.45) is 0 Å². The number of fused-ring (bicyclic) bond motifs is 1. The maximum atomic E-state index is 13.2. The van der Waals surface area contributed by atoms with E-state index in [0.29, 0.717) is 11.7 Å². The molecule has 1 atom stereocenters. The average Bonchev–Trinajstić information content (AvgIpc) is 3.00. The number of hydrogen-bond donors (Lipinski definition) is 0. The highest BCUT2D eigenvalue weighted by atomic mass is 32.2. The summed E-state index contributed by atoms with van der Waals surface area (Å²) in [5, 5.41) is 1.15. The molecule has 1 unspecified atom stereocenters. The van der Waals surface area contributed by atoms with Gasteiger partial charge < -0.3 is 9.80 Å². The molecule has 2 aromatic heterocycles. The fourth-order valence-corrected chi connectivity index (χ4v) is 5.75. The monoisotopic (exact) mass is 436 g/mol. The Labute approximate surface area is 181 Å². The Morgan fingerprint density at radius 2 is 1.90 bits per heavy atom. The molecule has 1 aliphatic heterocycles. The lowest BCUT2D eigenvalue weighted by atomic mass is 10.2. The maximum Gasteiger partial charge on any atom is 0.263 e. The summed E-state index contributed by atoms with van der Waals surface area (Å²) < 4.78 is 1.79. The van der Waals surface area contributed by atoms with Gasteiger partial charge in [-0.2, -0.15) is 0 Å². The molecule has 1 saturated heterocycles.